The highest BCUT2D eigenvalue weighted by Gasteiger charge is 2.32. The highest BCUT2D eigenvalue weighted by atomic mass is 19.4. The Bertz CT molecular complexity index is 192. The summed E-state index contributed by atoms with van der Waals surface area (Å²) in [4.78, 5) is 0.473. The zero-order valence-corrected chi connectivity index (χ0v) is 12.6. The number of unbranched alkanes of at least 4 members (excludes halogenated alkanes) is 10. The van der Waals surface area contributed by atoms with Gasteiger partial charge in [-0.3, -0.25) is 0 Å². The van der Waals surface area contributed by atoms with E-state index in [2.05, 4.69) is 6.92 Å². The molecule has 0 radical (unpaired) electrons. The smallest absolute Gasteiger partial charge is 0.217 e. The molecule has 0 aromatic rings. The highest BCUT2D eigenvalue weighted by Crippen LogP contribution is 2.19. The van der Waals surface area contributed by atoms with Crippen LogP contribution in [0.1, 0.15) is 77.6 Å². The van der Waals surface area contributed by atoms with Gasteiger partial charge in [0.1, 0.15) is 0 Å². The van der Waals surface area contributed by atoms with Crippen LogP contribution in [0.5, 0.6) is 0 Å². The number of alkyl halides is 3. The Hall–Kier alpha value is -0.250. The maximum atomic E-state index is 12.2. The molecule has 19 heavy (non-hydrogen) atoms. The molecule has 0 aliphatic heterocycles. The summed E-state index contributed by atoms with van der Waals surface area (Å²) in [5, 5.41) is 0. The summed E-state index contributed by atoms with van der Waals surface area (Å²) >= 11 is 0. The van der Waals surface area contributed by atoms with Crippen molar-refractivity contribution in [3.8, 4) is 0 Å². The van der Waals surface area contributed by atoms with Crippen molar-refractivity contribution < 1.29 is 13.2 Å². The van der Waals surface area contributed by atoms with Gasteiger partial charge in [0.15, 0.2) is 0 Å². The summed E-state index contributed by atoms with van der Waals surface area (Å²) in [5.41, 5.74) is 0. The summed E-state index contributed by atoms with van der Waals surface area (Å²) in [5.74, 6) is 0. The van der Waals surface area contributed by atoms with Crippen LogP contribution in [0.3, 0.4) is 0 Å². The fourth-order valence-corrected chi connectivity index (χ4v) is 2.14. The number of nitrogens with zero attached hydrogens (tertiary/aromatic N) is 1. The molecular weight excluding hydrogens is 251 g/mol. The van der Waals surface area contributed by atoms with E-state index in [0.717, 1.165) is 19.9 Å². The van der Waals surface area contributed by atoms with Crippen LogP contribution in [0.4, 0.5) is 13.2 Å². The molecule has 0 aliphatic carbocycles. The Morgan fingerprint density at radius 2 is 1.05 bits per heavy atom. The second-order valence-electron chi connectivity index (χ2n) is 5.42. The number of hydrogen-bond acceptors (Lipinski definition) is 1. The van der Waals surface area contributed by atoms with E-state index in [9.17, 15) is 13.2 Å². The van der Waals surface area contributed by atoms with E-state index in [1.807, 2.05) is 0 Å². The highest BCUT2D eigenvalue weighted by molar-refractivity contribution is 4.54. The third-order valence-electron chi connectivity index (χ3n) is 3.53. The first-order valence-electron chi connectivity index (χ1n) is 7.76. The van der Waals surface area contributed by atoms with E-state index < -0.39 is 6.30 Å². The average molecular weight is 281 g/mol. The molecule has 0 unspecified atom stereocenters. The lowest BCUT2D eigenvalue weighted by atomic mass is 10.1. The monoisotopic (exact) mass is 281 g/mol. The molecule has 0 amide bonds. The fraction of sp³-hybridized carbons (Fsp3) is 1.00. The SMILES string of the molecule is CCCCCCCCCCCCCN(C)C(F)(F)F. The second kappa shape index (κ2) is 11.6. The molecule has 0 N–H and O–H groups in total. The van der Waals surface area contributed by atoms with E-state index in [-0.39, 0.29) is 6.54 Å². The van der Waals surface area contributed by atoms with Gasteiger partial charge < -0.3 is 0 Å². The Morgan fingerprint density at radius 3 is 1.42 bits per heavy atom. The van der Waals surface area contributed by atoms with Gasteiger partial charge >= 0.3 is 6.30 Å². The van der Waals surface area contributed by atoms with Gasteiger partial charge in [0.2, 0.25) is 0 Å². The molecular formula is C15H30F3N. The van der Waals surface area contributed by atoms with Crippen LogP contribution in [0.2, 0.25) is 0 Å². The third-order valence-corrected chi connectivity index (χ3v) is 3.53. The maximum absolute atomic E-state index is 12.2. The minimum atomic E-state index is -4.17. The molecule has 1 nitrogen and oxygen atoms in total. The van der Waals surface area contributed by atoms with Gasteiger partial charge in [0.25, 0.3) is 0 Å². The van der Waals surface area contributed by atoms with Gasteiger partial charge in [-0.25, -0.2) is 4.90 Å². The third kappa shape index (κ3) is 12.5. The van der Waals surface area contributed by atoms with Gasteiger partial charge in [0, 0.05) is 6.54 Å². The lowest BCUT2D eigenvalue weighted by Crippen LogP contribution is -2.34. The van der Waals surface area contributed by atoms with Crippen molar-refractivity contribution in [2.45, 2.75) is 83.9 Å². The van der Waals surface area contributed by atoms with E-state index in [1.165, 1.54) is 51.4 Å². The summed E-state index contributed by atoms with van der Waals surface area (Å²) in [6, 6.07) is 0. The molecule has 0 saturated heterocycles. The Morgan fingerprint density at radius 1 is 0.684 bits per heavy atom. The van der Waals surface area contributed by atoms with Crippen LogP contribution in [-0.2, 0) is 0 Å². The molecule has 0 aliphatic rings. The van der Waals surface area contributed by atoms with Gasteiger partial charge in [-0.15, -0.1) is 0 Å². The van der Waals surface area contributed by atoms with E-state index >= 15 is 0 Å². The molecule has 0 aromatic carbocycles. The average Bonchev–Trinajstić information content (AvgIpc) is 2.34. The first kappa shape index (κ1) is 18.8. The number of hydrogen-bond donors (Lipinski definition) is 0. The molecule has 0 atom stereocenters. The van der Waals surface area contributed by atoms with Crippen molar-refractivity contribution in [3.63, 3.8) is 0 Å². The van der Waals surface area contributed by atoms with Gasteiger partial charge in [-0.1, -0.05) is 71.1 Å². The van der Waals surface area contributed by atoms with Crippen molar-refractivity contribution in [2.24, 2.45) is 0 Å². The minimum Gasteiger partial charge on any atom is -0.217 e. The number of rotatable bonds is 12. The molecule has 116 valence electrons. The molecule has 0 saturated carbocycles. The van der Waals surface area contributed by atoms with E-state index in [4.69, 9.17) is 0 Å². The quantitative estimate of drug-likeness (QED) is 0.325. The Balaban J connectivity index is 3.15. The number of halogens is 3. The Labute approximate surface area is 116 Å². The predicted molar refractivity (Wildman–Crippen MR) is 75.1 cm³/mol. The van der Waals surface area contributed by atoms with Crippen molar-refractivity contribution in [2.75, 3.05) is 13.6 Å². The van der Waals surface area contributed by atoms with E-state index in [0.29, 0.717) is 11.3 Å². The standard InChI is InChI=1S/C15H30F3N/c1-3-4-5-6-7-8-9-10-11-12-13-14-19(2)15(16,17)18/h3-14H2,1-2H3. The predicted octanol–water partition coefficient (Wildman–Crippen LogP) is 5.75. The molecule has 0 heterocycles. The molecule has 0 fully saturated rings. The molecule has 0 rings (SSSR count). The van der Waals surface area contributed by atoms with Crippen LogP contribution < -0.4 is 0 Å². The Kier molecular flexibility index (Phi) is 11.4. The molecule has 0 bridgehead atoms. The molecule has 0 aromatic heterocycles. The lowest BCUT2D eigenvalue weighted by Gasteiger charge is -2.19. The summed E-state index contributed by atoms with van der Waals surface area (Å²) in [6.45, 7) is 2.34. The van der Waals surface area contributed by atoms with Gasteiger partial charge in [-0.05, 0) is 13.5 Å². The van der Waals surface area contributed by atoms with Crippen LogP contribution in [0, 0.1) is 0 Å². The zero-order valence-electron chi connectivity index (χ0n) is 12.6. The lowest BCUT2D eigenvalue weighted by molar-refractivity contribution is -0.236. The topological polar surface area (TPSA) is 3.24 Å². The zero-order chi connectivity index (χ0) is 14.6. The fourth-order valence-electron chi connectivity index (χ4n) is 2.14. The van der Waals surface area contributed by atoms with Crippen molar-refractivity contribution in [3.05, 3.63) is 0 Å². The van der Waals surface area contributed by atoms with Crippen molar-refractivity contribution in [1.29, 1.82) is 0 Å². The molecule has 0 spiro atoms. The summed E-state index contributed by atoms with van der Waals surface area (Å²) < 4.78 is 36.5. The summed E-state index contributed by atoms with van der Waals surface area (Å²) in [6.07, 6.45) is 8.78. The normalized spacial score (nSPS) is 12.3. The van der Waals surface area contributed by atoms with Crippen molar-refractivity contribution in [1.82, 2.24) is 4.90 Å². The van der Waals surface area contributed by atoms with Crippen LogP contribution in [-0.4, -0.2) is 24.8 Å². The largest absolute Gasteiger partial charge is 0.459 e. The van der Waals surface area contributed by atoms with Gasteiger partial charge in [0.05, 0.1) is 0 Å². The first-order chi connectivity index (χ1) is 8.98. The first-order valence-corrected chi connectivity index (χ1v) is 7.76. The van der Waals surface area contributed by atoms with E-state index in [1.54, 1.807) is 0 Å². The molecule has 4 heteroatoms. The van der Waals surface area contributed by atoms with Crippen LogP contribution in [0.25, 0.3) is 0 Å². The van der Waals surface area contributed by atoms with Gasteiger partial charge in [-0.2, -0.15) is 13.2 Å². The second-order valence-corrected chi connectivity index (χ2v) is 5.42. The minimum absolute atomic E-state index is 0.126. The van der Waals surface area contributed by atoms with Crippen LogP contribution >= 0.6 is 0 Å². The maximum Gasteiger partial charge on any atom is 0.459 e. The van der Waals surface area contributed by atoms with Crippen molar-refractivity contribution >= 4 is 0 Å². The van der Waals surface area contributed by atoms with Crippen LogP contribution in [0.15, 0.2) is 0 Å². The summed E-state index contributed by atoms with van der Waals surface area (Å²) in [7, 11) is 1.12.